The van der Waals surface area contributed by atoms with Crippen LogP contribution in [0.1, 0.15) is 15.9 Å². The number of phenols is 2. The zero-order chi connectivity index (χ0) is 24.3. The van der Waals surface area contributed by atoms with Crippen LogP contribution in [0.15, 0.2) is 103 Å². The van der Waals surface area contributed by atoms with Crippen LogP contribution >= 0.6 is 0 Å². The molecule has 0 saturated carbocycles. The Morgan fingerprint density at radius 2 is 1.15 bits per heavy atom. The van der Waals surface area contributed by atoms with Gasteiger partial charge in [-0.3, -0.25) is 4.79 Å². The molecule has 0 aliphatic carbocycles. The maximum atomic E-state index is 12.1. The van der Waals surface area contributed by atoms with Gasteiger partial charge in [-0.1, -0.05) is 48.5 Å². The van der Waals surface area contributed by atoms with Crippen LogP contribution in [0, 0.1) is 0 Å². The Hall–Kier alpha value is -4.78. The molecular weight excluding hydrogens is 432 g/mol. The molecule has 4 rings (SSSR count). The number of amides is 2. The molecule has 0 saturated heterocycles. The summed E-state index contributed by atoms with van der Waals surface area (Å²) in [6.45, 7) is 0. The number of hydrogen-bond donors (Lipinski definition) is 4. The first-order valence-electron chi connectivity index (χ1n) is 10.4. The van der Waals surface area contributed by atoms with E-state index in [0.29, 0.717) is 5.75 Å². The number of carbonyl (C=O) groups is 2. The minimum Gasteiger partial charge on any atom is -0.507 e. The fourth-order valence-electron chi connectivity index (χ4n) is 2.98. The number of para-hydroxylation sites is 3. The van der Waals surface area contributed by atoms with Gasteiger partial charge >= 0.3 is 6.03 Å². The van der Waals surface area contributed by atoms with Crippen molar-refractivity contribution in [1.29, 1.82) is 0 Å². The zero-order valence-corrected chi connectivity index (χ0v) is 18.4. The van der Waals surface area contributed by atoms with E-state index in [1.165, 1.54) is 31.4 Å². The third-order valence-corrected chi connectivity index (χ3v) is 4.66. The number of ether oxygens (including phenoxy) is 1. The molecule has 0 heterocycles. The van der Waals surface area contributed by atoms with Gasteiger partial charge in [0.15, 0.2) is 5.78 Å². The average Bonchev–Trinajstić information content (AvgIpc) is 2.85. The molecule has 0 atom stereocenters. The minimum atomic E-state index is -0.437. The molecule has 172 valence electrons. The zero-order valence-electron chi connectivity index (χ0n) is 18.4. The van der Waals surface area contributed by atoms with E-state index in [2.05, 4.69) is 10.6 Å². The summed E-state index contributed by atoms with van der Waals surface area (Å²) in [7, 11) is 1.47. The average molecular weight is 456 g/mol. The highest BCUT2D eigenvalue weighted by Crippen LogP contribution is 2.28. The highest BCUT2D eigenvalue weighted by Gasteiger charge is 2.16. The van der Waals surface area contributed by atoms with E-state index in [0.717, 1.165) is 11.4 Å². The number of anilines is 2. The van der Waals surface area contributed by atoms with E-state index in [1.54, 1.807) is 18.2 Å². The van der Waals surface area contributed by atoms with Crippen molar-refractivity contribution in [2.45, 2.75) is 0 Å². The van der Waals surface area contributed by atoms with E-state index in [9.17, 15) is 19.8 Å². The molecule has 0 unspecified atom stereocenters. The topological polar surface area (TPSA) is 108 Å². The third kappa shape index (κ3) is 6.61. The van der Waals surface area contributed by atoms with Gasteiger partial charge in [0.05, 0.1) is 18.2 Å². The highest BCUT2D eigenvalue weighted by molar-refractivity contribution is 6.12. The summed E-state index contributed by atoms with van der Waals surface area (Å²) in [5.41, 5.74) is 1.82. The van der Waals surface area contributed by atoms with Crippen molar-refractivity contribution in [2.75, 3.05) is 17.7 Å². The maximum Gasteiger partial charge on any atom is 0.323 e. The van der Waals surface area contributed by atoms with Gasteiger partial charge in [0.2, 0.25) is 0 Å². The second-order valence-electron chi connectivity index (χ2n) is 7.04. The number of urea groups is 1. The van der Waals surface area contributed by atoms with Crippen LogP contribution in [0.25, 0.3) is 0 Å². The molecule has 2 amide bonds. The molecule has 4 N–H and O–H groups in total. The molecule has 0 radical (unpaired) electrons. The Balaban J connectivity index is 0.000000192. The van der Waals surface area contributed by atoms with Crippen LogP contribution in [-0.2, 0) is 0 Å². The van der Waals surface area contributed by atoms with Gasteiger partial charge in [-0.2, -0.15) is 0 Å². The molecule has 0 bridgehead atoms. The first kappa shape index (κ1) is 23.9. The molecule has 7 heteroatoms. The predicted molar refractivity (Wildman–Crippen MR) is 132 cm³/mol. The van der Waals surface area contributed by atoms with Gasteiger partial charge in [-0.25, -0.2) is 4.79 Å². The molecule has 34 heavy (non-hydrogen) atoms. The number of aromatic hydroxyl groups is 2. The standard InChI is InChI=1S/C14H12O4.C13H12N2O/c1-18-9-6-7-11(13(16)8-9)14(17)10-4-2-3-5-12(10)15;16-13(14-11-7-3-1-4-8-11)15-12-9-5-2-6-10-12/h2-8,15-16H,1H3;1-10H,(H2,14,15,16). The summed E-state index contributed by atoms with van der Waals surface area (Å²) in [6.07, 6.45) is 0. The monoisotopic (exact) mass is 456 g/mol. The van der Waals surface area contributed by atoms with Crippen molar-refractivity contribution < 1.29 is 24.5 Å². The van der Waals surface area contributed by atoms with Gasteiger partial charge in [-0.05, 0) is 48.5 Å². The van der Waals surface area contributed by atoms with Gasteiger partial charge in [0, 0.05) is 17.4 Å². The van der Waals surface area contributed by atoms with Gasteiger partial charge < -0.3 is 25.6 Å². The van der Waals surface area contributed by atoms with Crippen LogP contribution in [0.5, 0.6) is 17.2 Å². The number of benzene rings is 4. The number of ketones is 1. The lowest BCUT2D eigenvalue weighted by atomic mass is 10.0. The maximum absolute atomic E-state index is 12.1. The summed E-state index contributed by atoms with van der Waals surface area (Å²) >= 11 is 0. The first-order chi connectivity index (χ1) is 16.5. The van der Waals surface area contributed by atoms with Crippen molar-refractivity contribution in [3.63, 3.8) is 0 Å². The largest absolute Gasteiger partial charge is 0.507 e. The molecule has 4 aromatic carbocycles. The minimum absolute atomic E-state index is 0.113. The predicted octanol–water partition coefficient (Wildman–Crippen LogP) is 5.67. The summed E-state index contributed by atoms with van der Waals surface area (Å²) in [6, 6.07) is 29.0. The van der Waals surface area contributed by atoms with Crippen molar-refractivity contribution in [3.8, 4) is 17.2 Å². The summed E-state index contributed by atoms with van der Waals surface area (Å²) < 4.78 is 4.94. The van der Waals surface area contributed by atoms with E-state index < -0.39 is 5.78 Å². The van der Waals surface area contributed by atoms with Crippen molar-refractivity contribution in [3.05, 3.63) is 114 Å². The molecule has 0 aliphatic rings. The SMILES string of the molecule is COc1ccc(C(=O)c2ccccc2O)c(O)c1.O=C(Nc1ccccc1)Nc1ccccc1. The number of phenolic OH excluding ortho intramolecular Hbond substituents is 2. The number of carbonyl (C=O) groups excluding carboxylic acids is 2. The second-order valence-corrected chi connectivity index (χ2v) is 7.04. The number of methoxy groups -OCH3 is 1. The van der Waals surface area contributed by atoms with Crippen molar-refractivity contribution in [1.82, 2.24) is 0 Å². The van der Waals surface area contributed by atoms with Crippen LogP contribution in [0.2, 0.25) is 0 Å². The number of nitrogens with one attached hydrogen (secondary N) is 2. The Morgan fingerprint density at radius 1 is 0.647 bits per heavy atom. The van der Waals surface area contributed by atoms with E-state index in [4.69, 9.17) is 4.74 Å². The van der Waals surface area contributed by atoms with Gasteiger partial charge in [0.25, 0.3) is 0 Å². The van der Waals surface area contributed by atoms with Crippen LogP contribution < -0.4 is 15.4 Å². The van der Waals surface area contributed by atoms with E-state index >= 15 is 0 Å². The molecule has 7 nitrogen and oxygen atoms in total. The molecule has 0 aromatic heterocycles. The normalized spacial score (nSPS) is 9.79. The molecule has 0 fully saturated rings. The third-order valence-electron chi connectivity index (χ3n) is 4.66. The molecular formula is C27H24N2O5. The highest BCUT2D eigenvalue weighted by atomic mass is 16.5. The smallest absolute Gasteiger partial charge is 0.323 e. The molecule has 0 aliphatic heterocycles. The lowest BCUT2D eigenvalue weighted by molar-refractivity contribution is 0.103. The summed E-state index contributed by atoms with van der Waals surface area (Å²) in [4.78, 5) is 23.7. The van der Waals surface area contributed by atoms with Crippen molar-refractivity contribution >= 4 is 23.2 Å². The number of rotatable bonds is 5. The Kier molecular flexibility index (Phi) is 8.24. The lowest BCUT2D eigenvalue weighted by Crippen LogP contribution is -2.19. The Bertz CT molecular complexity index is 1200. The van der Waals surface area contributed by atoms with Crippen LogP contribution in [0.3, 0.4) is 0 Å². The van der Waals surface area contributed by atoms with Crippen LogP contribution in [0.4, 0.5) is 16.2 Å². The van der Waals surface area contributed by atoms with E-state index in [-0.39, 0.29) is 28.7 Å². The van der Waals surface area contributed by atoms with Gasteiger partial charge in [0.1, 0.15) is 17.2 Å². The Labute approximate surface area is 197 Å². The molecule has 0 spiro atoms. The fourth-order valence-corrected chi connectivity index (χ4v) is 2.98. The lowest BCUT2D eigenvalue weighted by Gasteiger charge is -2.07. The van der Waals surface area contributed by atoms with E-state index in [1.807, 2.05) is 60.7 Å². The quantitative estimate of drug-likeness (QED) is 0.290. The second kappa shape index (κ2) is 11.7. The van der Waals surface area contributed by atoms with Gasteiger partial charge in [-0.15, -0.1) is 0 Å². The first-order valence-corrected chi connectivity index (χ1v) is 10.4. The number of hydrogen-bond acceptors (Lipinski definition) is 5. The summed E-state index contributed by atoms with van der Waals surface area (Å²) in [5.74, 6) is -0.269. The Morgan fingerprint density at radius 3 is 1.65 bits per heavy atom. The molecule has 4 aromatic rings. The van der Waals surface area contributed by atoms with Crippen molar-refractivity contribution in [2.24, 2.45) is 0 Å². The summed E-state index contributed by atoms with van der Waals surface area (Å²) in [5, 5.41) is 24.9. The van der Waals surface area contributed by atoms with Crippen LogP contribution in [-0.4, -0.2) is 29.1 Å². The fraction of sp³-hybridized carbons (Fsp3) is 0.0370.